The number of nitro groups is 1. The predicted octanol–water partition coefficient (Wildman–Crippen LogP) is 4.77. The lowest BCUT2D eigenvalue weighted by atomic mass is 9.76. The first-order valence-electron chi connectivity index (χ1n) is 9.18. The Hall–Kier alpha value is -3.15. The van der Waals surface area contributed by atoms with E-state index in [2.05, 4.69) is 22.8 Å². The summed E-state index contributed by atoms with van der Waals surface area (Å²) in [6.45, 7) is 1.82. The molecule has 0 saturated carbocycles. The smallest absolute Gasteiger partial charge is 0.274 e. The number of nitro benzene ring substituents is 1. The van der Waals surface area contributed by atoms with Gasteiger partial charge in [0.2, 0.25) is 5.91 Å². The molecule has 1 amide bonds. The van der Waals surface area contributed by atoms with Crippen molar-refractivity contribution in [3.05, 3.63) is 75.9 Å². The van der Waals surface area contributed by atoms with E-state index in [-0.39, 0.29) is 34.4 Å². The lowest BCUT2D eigenvalue weighted by molar-refractivity contribution is -0.385. The molecule has 3 atom stereocenters. The number of benzene rings is 2. The SMILES string of the molecule is CCC(=O)Nc1ccc2c(c1)C1C=CCC1C(c1ccccc1[N+](=O)[O-])N2. The number of rotatable bonds is 4. The summed E-state index contributed by atoms with van der Waals surface area (Å²) in [5.74, 6) is 0.357. The number of carbonyl (C=O) groups excluding carboxylic acids is 1. The van der Waals surface area contributed by atoms with Crippen molar-refractivity contribution < 1.29 is 9.72 Å². The van der Waals surface area contributed by atoms with Crippen molar-refractivity contribution in [3.63, 3.8) is 0 Å². The fourth-order valence-electron chi connectivity index (χ4n) is 4.15. The molecule has 3 unspecified atom stereocenters. The van der Waals surface area contributed by atoms with Gasteiger partial charge in [0.1, 0.15) is 0 Å². The van der Waals surface area contributed by atoms with Gasteiger partial charge in [-0.3, -0.25) is 14.9 Å². The van der Waals surface area contributed by atoms with Crippen LogP contribution in [0, 0.1) is 16.0 Å². The van der Waals surface area contributed by atoms with Gasteiger partial charge in [0, 0.05) is 29.8 Å². The zero-order chi connectivity index (χ0) is 19.0. The summed E-state index contributed by atoms with van der Waals surface area (Å²) < 4.78 is 0. The molecular formula is C21H21N3O3. The molecule has 27 heavy (non-hydrogen) atoms. The summed E-state index contributed by atoms with van der Waals surface area (Å²) in [5, 5.41) is 17.9. The van der Waals surface area contributed by atoms with Crippen LogP contribution in [0.15, 0.2) is 54.6 Å². The Morgan fingerprint density at radius 1 is 1.26 bits per heavy atom. The van der Waals surface area contributed by atoms with E-state index in [1.807, 2.05) is 37.3 Å². The van der Waals surface area contributed by atoms with Gasteiger partial charge < -0.3 is 10.6 Å². The molecular weight excluding hydrogens is 342 g/mol. The summed E-state index contributed by atoms with van der Waals surface area (Å²) in [6.07, 6.45) is 5.61. The molecule has 0 aromatic heterocycles. The van der Waals surface area contributed by atoms with Gasteiger partial charge in [-0.05, 0) is 36.1 Å². The standard InChI is InChI=1S/C21H21N3O3/c1-2-20(25)22-13-10-11-18-17(12-13)14-7-5-8-15(14)21(23-18)16-6-3-4-9-19(16)24(26)27/h3-7,9-12,14-15,21,23H,2,8H2,1H3,(H,22,25). The van der Waals surface area contributed by atoms with Crippen LogP contribution in [0.3, 0.4) is 0 Å². The molecule has 2 aromatic rings. The lowest BCUT2D eigenvalue weighted by Gasteiger charge is -2.37. The minimum Gasteiger partial charge on any atom is -0.377 e. The summed E-state index contributed by atoms with van der Waals surface area (Å²) in [6, 6.07) is 12.7. The molecule has 0 fully saturated rings. The Bertz CT molecular complexity index is 938. The molecule has 0 spiro atoms. The molecule has 4 rings (SSSR count). The van der Waals surface area contributed by atoms with Crippen molar-refractivity contribution in [3.8, 4) is 0 Å². The number of carbonyl (C=O) groups is 1. The Kier molecular flexibility index (Phi) is 4.39. The quantitative estimate of drug-likeness (QED) is 0.465. The highest BCUT2D eigenvalue weighted by Gasteiger charge is 2.40. The zero-order valence-electron chi connectivity index (χ0n) is 15.0. The number of hydrogen-bond acceptors (Lipinski definition) is 4. The second kappa shape index (κ2) is 6.87. The number of nitrogens with zero attached hydrogens (tertiary/aromatic N) is 1. The maximum absolute atomic E-state index is 11.7. The Morgan fingerprint density at radius 2 is 2.07 bits per heavy atom. The summed E-state index contributed by atoms with van der Waals surface area (Å²) in [4.78, 5) is 22.9. The van der Waals surface area contributed by atoms with Crippen LogP contribution in [0.4, 0.5) is 17.1 Å². The normalized spacial score (nSPS) is 22.5. The summed E-state index contributed by atoms with van der Waals surface area (Å²) in [7, 11) is 0. The number of para-hydroxylation sites is 1. The zero-order valence-corrected chi connectivity index (χ0v) is 15.0. The van der Waals surface area contributed by atoms with Crippen LogP contribution in [0.5, 0.6) is 0 Å². The average molecular weight is 363 g/mol. The number of allylic oxidation sites excluding steroid dienone is 2. The van der Waals surface area contributed by atoms with Crippen LogP contribution in [-0.4, -0.2) is 10.8 Å². The van der Waals surface area contributed by atoms with Crippen LogP contribution < -0.4 is 10.6 Å². The third-order valence-corrected chi connectivity index (χ3v) is 5.44. The van der Waals surface area contributed by atoms with Gasteiger partial charge in [0.05, 0.1) is 16.5 Å². The lowest BCUT2D eigenvalue weighted by Crippen LogP contribution is -2.29. The van der Waals surface area contributed by atoms with Gasteiger partial charge in [-0.15, -0.1) is 0 Å². The van der Waals surface area contributed by atoms with E-state index in [0.717, 1.165) is 28.9 Å². The average Bonchev–Trinajstić information content (AvgIpc) is 3.17. The van der Waals surface area contributed by atoms with Crippen molar-refractivity contribution in [1.82, 2.24) is 0 Å². The molecule has 0 bridgehead atoms. The molecule has 1 aliphatic heterocycles. The molecule has 2 aromatic carbocycles. The molecule has 6 heteroatoms. The number of anilines is 2. The van der Waals surface area contributed by atoms with Gasteiger partial charge in [-0.1, -0.05) is 37.3 Å². The Balaban J connectivity index is 1.73. The Morgan fingerprint density at radius 3 is 2.85 bits per heavy atom. The molecule has 138 valence electrons. The highest BCUT2D eigenvalue weighted by atomic mass is 16.6. The first-order valence-corrected chi connectivity index (χ1v) is 9.18. The van der Waals surface area contributed by atoms with Crippen LogP contribution in [0.1, 0.15) is 42.9 Å². The van der Waals surface area contributed by atoms with Crippen LogP contribution >= 0.6 is 0 Å². The van der Waals surface area contributed by atoms with Gasteiger partial charge >= 0.3 is 0 Å². The molecule has 1 heterocycles. The molecule has 1 aliphatic carbocycles. The Labute approximate surface area is 157 Å². The van der Waals surface area contributed by atoms with E-state index in [1.165, 1.54) is 0 Å². The van der Waals surface area contributed by atoms with Crippen molar-refractivity contribution in [2.45, 2.75) is 31.7 Å². The molecule has 0 radical (unpaired) electrons. The van der Waals surface area contributed by atoms with E-state index in [4.69, 9.17) is 0 Å². The highest BCUT2D eigenvalue weighted by Crippen LogP contribution is 2.51. The van der Waals surface area contributed by atoms with Crippen molar-refractivity contribution in [1.29, 1.82) is 0 Å². The van der Waals surface area contributed by atoms with Gasteiger partial charge in [0.15, 0.2) is 0 Å². The van der Waals surface area contributed by atoms with Crippen molar-refractivity contribution in [2.75, 3.05) is 10.6 Å². The summed E-state index contributed by atoms with van der Waals surface area (Å²) >= 11 is 0. The van der Waals surface area contributed by atoms with E-state index in [9.17, 15) is 14.9 Å². The topological polar surface area (TPSA) is 84.3 Å². The van der Waals surface area contributed by atoms with E-state index in [0.29, 0.717) is 6.42 Å². The fraction of sp³-hybridized carbons (Fsp3) is 0.286. The summed E-state index contributed by atoms with van der Waals surface area (Å²) in [5.41, 5.74) is 3.73. The minimum atomic E-state index is -0.312. The van der Waals surface area contributed by atoms with Crippen LogP contribution in [-0.2, 0) is 4.79 Å². The molecule has 6 nitrogen and oxygen atoms in total. The first-order chi connectivity index (χ1) is 13.1. The van der Waals surface area contributed by atoms with Gasteiger partial charge in [0.25, 0.3) is 5.69 Å². The van der Waals surface area contributed by atoms with Crippen LogP contribution in [0.25, 0.3) is 0 Å². The predicted molar refractivity (Wildman–Crippen MR) is 105 cm³/mol. The van der Waals surface area contributed by atoms with Crippen molar-refractivity contribution >= 4 is 23.0 Å². The third-order valence-electron chi connectivity index (χ3n) is 5.44. The maximum atomic E-state index is 11.7. The van der Waals surface area contributed by atoms with Crippen LogP contribution in [0.2, 0.25) is 0 Å². The van der Waals surface area contributed by atoms with Gasteiger partial charge in [-0.2, -0.15) is 0 Å². The second-order valence-electron chi connectivity index (χ2n) is 7.00. The van der Waals surface area contributed by atoms with E-state index < -0.39 is 0 Å². The maximum Gasteiger partial charge on any atom is 0.274 e. The highest BCUT2D eigenvalue weighted by molar-refractivity contribution is 5.91. The largest absolute Gasteiger partial charge is 0.377 e. The van der Waals surface area contributed by atoms with E-state index in [1.54, 1.807) is 12.1 Å². The number of amides is 1. The number of nitrogens with one attached hydrogen (secondary N) is 2. The number of fused-ring (bicyclic) bond motifs is 3. The fourth-order valence-corrected chi connectivity index (χ4v) is 4.15. The first kappa shape index (κ1) is 17.3. The monoisotopic (exact) mass is 363 g/mol. The number of hydrogen-bond donors (Lipinski definition) is 2. The van der Waals surface area contributed by atoms with Gasteiger partial charge in [-0.25, -0.2) is 0 Å². The molecule has 2 aliphatic rings. The third kappa shape index (κ3) is 3.07. The molecule has 2 N–H and O–H groups in total. The molecule has 0 saturated heterocycles. The van der Waals surface area contributed by atoms with Crippen molar-refractivity contribution in [2.24, 2.45) is 5.92 Å². The minimum absolute atomic E-state index is 0.0185. The van der Waals surface area contributed by atoms with E-state index >= 15 is 0 Å². The second-order valence-corrected chi connectivity index (χ2v) is 7.00.